The SMILES string of the molecule is CC(C)[C@@H](C)NC(=O)COC(=O)/C=C/c1cccc(F)c1. The molecule has 1 aromatic rings. The van der Waals surface area contributed by atoms with E-state index in [2.05, 4.69) is 5.32 Å². The van der Waals surface area contributed by atoms with Crippen LogP contribution in [-0.4, -0.2) is 24.5 Å². The molecule has 0 spiro atoms. The van der Waals surface area contributed by atoms with Gasteiger partial charge in [-0.3, -0.25) is 4.79 Å². The van der Waals surface area contributed by atoms with Crippen LogP contribution in [0, 0.1) is 11.7 Å². The molecule has 1 atom stereocenters. The lowest BCUT2D eigenvalue weighted by molar-refractivity contribution is -0.144. The molecule has 0 radical (unpaired) electrons. The van der Waals surface area contributed by atoms with Gasteiger partial charge in [-0.1, -0.05) is 26.0 Å². The van der Waals surface area contributed by atoms with Crippen LogP contribution in [0.15, 0.2) is 30.3 Å². The standard InChI is InChI=1S/C16H20FNO3/c1-11(2)12(3)18-15(19)10-21-16(20)8-7-13-5-4-6-14(17)9-13/h4-9,11-12H,10H2,1-3H3,(H,18,19)/b8-7+/t12-/m1/s1. The van der Waals surface area contributed by atoms with Gasteiger partial charge in [0.2, 0.25) is 0 Å². The summed E-state index contributed by atoms with van der Waals surface area (Å²) in [7, 11) is 0. The van der Waals surface area contributed by atoms with Crippen LogP contribution in [0.4, 0.5) is 4.39 Å². The molecular weight excluding hydrogens is 273 g/mol. The van der Waals surface area contributed by atoms with Gasteiger partial charge in [0.25, 0.3) is 5.91 Å². The van der Waals surface area contributed by atoms with E-state index in [0.717, 1.165) is 6.08 Å². The minimum Gasteiger partial charge on any atom is -0.452 e. The van der Waals surface area contributed by atoms with Gasteiger partial charge in [0, 0.05) is 12.1 Å². The number of carbonyl (C=O) groups excluding carboxylic acids is 2. The molecule has 1 rings (SSSR count). The highest BCUT2D eigenvalue weighted by Crippen LogP contribution is 2.05. The van der Waals surface area contributed by atoms with Crippen molar-refractivity contribution in [3.63, 3.8) is 0 Å². The van der Waals surface area contributed by atoms with E-state index in [1.54, 1.807) is 12.1 Å². The Labute approximate surface area is 124 Å². The maximum absolute atomic E-state index is 12.9. The number of carbonyl (C=O) groups is 2. The van der Waals surface area contributed by atoms with E-state index in [0.29, 0.717) is 11.5 Å². The normalized spacial score (nSPS) is 12.4. The lowest BCUT2D eigenvalue weighted by atomic mass is 10.1. The van der Waals surface area contributed by atoms with E-state index in [1.165, 1.54) is 18.2 Å². The van der Waals surface area contributed by atoms with Gasteiger partial charge in [0.1, 0.15) is 5.82 Å². The molecule has 0 saturated heterocycles. The fraction of sp³-hybridized carbons (Fsp3) is 0.375. The molecule has 0 heterocycles. The van der Waals surface area contributed by atoms with Crippen molar-refractivity contribution in [1.82, 2.24) is 5.32 Å². The number of rotatable bonds is 6. The highest BCUT2D eigenvalue weighted by Gasteiger charge is 2.11. The molecule has 1 amide bonds. The van der Waals surface area contributed by atoms with Crippen molar-refractivity contribution in [1.29, 1.82) is 0 Å². The van der Waals surface area contributed by atoms with Gasteiger partial charge in [-0.2, -0.15) is 0 Å². The largest absolute Gasteiger partial charge is 0.452 e. The first kappa shape index (κ1) is 16.9. The first-order valence-corrected chi connectivity index (χ1v) is 6.78. The average Bonchev–Trinajstić information content (AvgIpc) is 2.42. The van der Waals surface area contributed by atoms with Crippen molar-refractivity contribution in [2.45, 2.75) is 26.8 Å². The fourth-order valence-electron chi connectivity index (χ4n) is 1.42. The van der Waals surface area contributed by atoms with Gasteiger partial charge >= 0.3 is 5.97 Å². The summed E-state index contributed by atoms with van der Waals surface area (Å²) in [6.07, 6.45) is 2.59. The molecule has 1 aromatic carbocycles. The molecule has 114 valence electrons. The van der Waals surface area contributed by atoms with Crippen molar-refractivity contribution < 1.29 is 18.7 Å². The van der Waals surface area contributed by atoms with Crippen molar-refractivity contribution >= 4 is 18.0 Å². The Kier molecular flexibility index (Phi) is 6.59. The molecular formula is C16H20FNO3. The third-order valence-corrected chi connectivity index (χ3v) is 2.99. The molecule has 21 heavy (non-hydrogen) atoms. The average molecular weight is 293 g/mol. The predicted octanol–water partition coefficient (Wildman–Crippen LogP) is 2.54. The Morgan fingerprint density at radius 1 is 1.33 bits per heavy atom. The minimum absolute atomic E-state index is 0.0130. The van der Waals surface area contributed by atoms with Gasteiger partial charge in [-0.05, 0) is 36.6 Å². The first-order chi connectivity index (χ1) is 9.88. The summed E-state index contributed by atoms with van der Waals surface area (Å²) < 4.78 is 17.7. The van der Waals surface area contributed by atoms with Crippen LogP contribution in [0.2, 0.25) is 0 Å². The molecule has 0 saturated carbocycles. The lowest BCUT2D eigenvalue weighted by Gasteiger charge is -2.16. The third-order valence-electron chi connectivity index (χ3n) is 2.99. The van der Waals surface area contributed by atoms with Crippen LogP contribution < -0.4 is 5.32 Å². The zero-order valence-electron chi connectivity index (χ0n) is 12.4. The number of hydrogen-bond acceptors (Lipinski definition) is 3. The molecule has 1 N–H and O–H groups in total. The second-order valence-electron chi connectivity index (χ2n) is 5.10. The Morgan fingerprint density at radius 2 is 2.05 bits per heavy atom. The van der Waals surface area contributed by atoms with Crippen LogP contribution in [0.25, 0.3) is 6.08 Å². The Balaban J connectivity index is 2.39. The maximum atomic E-state index is 12.9. The molecule has 0 aliphatic heterocycles. The Morgan fingerprint density at radius 3 is 2.67 bits per heavy atom. The van der Waals surface area contributed by atoms with E-state index >= 15 is 0 Å². The summed E-state index contributed by atoms with van der Waals surface area (Å²) >= 11 is 0. The van der Waals surface area contributed by atoms with Gasteiger partial charge in [0.05, 0.1) is 0 Å². The zero-order valence-corrected chi connectivity index (χ0v) is 12.4. The number of benzene rings is 1. The zero-order chi connectivity index (χ0) is 15.8. The number of esters is 1. The highest BCUT2D eigenvalue weighted by atomic mass is 19.1. The number of halogens is 1. The monoisotopic (exact) mass is 293 g/mol. The molecule has 4 nitrogen and oxygen atoms in total. The molecule has 0 fully saturated rings. The maximum Gasteiger partial charge on any atom is 0.331 e. The van der Waals surface area contributed by atoms with Gasteiger partial charge < -0.3 is 10.1 Å². The quantitative estimate of drug-likeness (QED) is 0.648. The molecule has 0 unspecified atom stereocenters. The summed E-state index contributed by atoms with van der Waals surface area (Å²) in [5.74, 6) is -1.07. The molecule has 0 bridgehead atoms. The summed E-state index contributed by atoms with van der Waals surface area (Å²) in [5.41, 5.74) is 0.546. The lowest BCUT2D eigenvalue weighted by Crippen LogP contribution is -2.38. The summed E-state index contributed by atoms with van der Waals surface area (Å²) in [5, 5.41) is 2.73. The van der Waals surface area contributed by atoms with Crippen LogP contribution in [0.1, 0.15) is 26.3 Å². The van der Waals surface area contributed by atoms with Crippen molar-refractivity contribution in [2.24, 2.45) is 5.92 Å². The van der Waals surface area contributed by atoms with Crippen molar-refractivity contribution in [3.05, 3.63) is 41.7 Å². The number of hydrogen-bond donors (Lipinski definition) is 1. The van der Waals surface area contributed by atoms with Gasteiger partial charge in [0.15, 0.2) is 6.61 Å². The molecule has 5 heteroatoms. The Hall–Kier alpha value is -2.17. The Bertz CT molecular complexity index is 526. The van der Waals surface area contributed by atoms with Crippen LogP contribution >= 0.6 is 0 Å². The highest BCUT2D eigenvalue weighted by molar-refractivity contribution is 5.89. The summed E-state index contributed by atoms with van der Waals surface area (Å²) in [6.45, 7) is 5.52. The number of nitrogens with one attached hydrogen (secondary N) is 1. The number of ether oxygens (including phenoxy) is 1. The van der Waals surface area contributed by atoms with Gasteiger partial charge in [-0.25, -0.2) is 9.18 Å². The summed E-state index contributed by atoms with van der Waals surface area (Å²) in [6, 6.07) is 5.82. The van der Waals surface area contributed by atoms with E-state index in [4.69, 9.17) is 4.74 Å². The smallest absolute Gasteiger partial charge is 0.331 e. The van der Waals surface area contributed by atoms with Crippen LogP contribution in [-0.2, 0) is 14.3 Å². The van der Waals surface area contributed by atoms with Crippen LogP contribution in [0.3, 0.4) is 0 Å². The van der Waals surface area contributed by atoms with Gasteiger partial charge in [-0.15, -0.1) is 0 Å². The third kappa shape index (κ3) is 6.70. The van der Waals surface area contributed by atoms with Crippen LogP contribution in [0.5, 0.6) is 0 Å². The first-order valence-electron chi connectivity index (χ1n) is 6.78. The predicted molar refractivity (Wildman–Crippen MR) is 78.8 cm³/mol. The van der Waals surface area contributed by atoms with E-state index in [-0.39, 0.29) is 24.4 Å². The van der Waals surface area contributed by atoms with Crippen molar-refractivity contribution in [2.75, 3.05) is 6.61 Å². The molecule has 0 aliphatic rings. The van der Waals surface area contributed by atoms with E-state index in [9.17, 15) is 14.0 Å². The van der Waals surface area contributed by atoms with E-state index < -0.39 is 5.97 Å². The molecule has 0 aliphatic carbocycles. The number of amides is 1. The van der Waals surface area contributed by atoms with E-state index in [1.807, 2.05) is 20.8 Å². The summed E-state index contributed by atoms with van der Waals surface area (Å²) in [4.78, 5) is 23.0. The minimum atomic E-state index is -0.647. The topological polar surface area (TPSA) is 55.4 Å². The van der Waals surface area contributed by atoms with Crippen molar-refractivity contribution in [3.8, 4) is 0 Å². The fourth-order valence-corrected chi connectivity index (χ4v) is 1.42. The molecule has 0 aromatic heterocycles. The second-order valence-corrected chi connectivity index (χ2v) is 5.10. The second kappa shape index (κ2) is 8.19.